The van der Waals surface area contributed by atoms with Gasteiger partial charge < -0.3 is 15.0 Å². The number of ether oxygens (including phenoxy) is 1. The quantitative estimate of drug-likeness (QED) is 0.542. The summed E-state index contributed by atoms with van der Waals surface area (Å²) in [6.07, 6.45) is 0. The van der Waals surface area contributed by atoms with Crippen molar-refractivity contribution in [3.63, 3.8) is 0 Å². The van der Waals surface area contributed by atoms with Crippen LogP contribution in [0.2, 0.25) is 0 Å². The Labute approximate surface area is 198 Å². The van der Waals surface area contributed by atoms with E-state index < -0.39 is 5.97 Å². The van der Waals surface area contributed by atoms with Crippen LogP contribution in [0.5, 0.6) is 0 Å². The number of methoxy groups -OCH3 is 1. The molecule has 0 unspecified atom stereocenters. The van der Waals surface area contributed by atoms with Gasteiger partial charge in [-0.1, -0.05) is 42.5 Å². The number of esters is 1. The average Bonchev–Trinajstić information content (AvgIpc) is 3.25. The molecule has 1 aromatic heterocycles. The van der Waals surface area contributed by atoms with E-state index in [1.165, 1.54) is 35.3 Å². The Hall–Kier alpha value is -3.16. The molecule has 1 aliphatic rings. The topological polar surface area (TPSA) is 61.9 Å². The van der Waals surface area contributed by atoms with E-state index in [4.69, 9.17) is 4.74 Å². The van der Waals surface area contributed by atoms with Crippen molar-refractivity contribution in [1.29, 1.82) is 0 Å². The number of hydrogen-bond acceptors (Lipinski definition) is 6. The molecule has 2 heterocycles. The van der Waals surface area contributed by atoms with E-state index in [1.54, 1.807) is 0 Å². The zero-order valence-electron chi connectivity index (χ0n) is 19.3. The minimum Gasteiger partial charge on any atom is -0.465 e. The van der Waals surface area contributed by atoms with Gasteiger partial charge in [0.15, 0.2) is 0 Å². The average molecular weight is 464 g/mol. The van der Waals surface area contributed by atoms with Gasteiger partial charge >= 0.3 is 5.97 Å². The molecule has 0 atom stereocenters. The monoisotopic (exact) mass is 463 g/mol. The van der Waals surface area contributed by atoms with Crippen LogP contribution in [0.3, 0.4) is 0 Å². The Morgan fingerprint density at radius 1 is 1.00 bits per heavy atom. The highest BCUT2D eigenvalue weighted by Crippen LogP contribution is 2.36. The molecular weight excluding hydrogens is 434 g/mol. The molecule has 0 aliphatic carbocycles. The number of carbonyl (C=O) groups excluding carboxylic acids is 2. The van der Waals surface area contributed by atoms with Crippen molar-refractivity contribution in [2.24, 2.45) is 0 Å². The molecule has 1 aliphatic heterocycles. The molecule has 1 fully saturated rings. The maximum atomic E-state index is 12.8. The highest BCUT2D eigenvalue weighted by molar-refractivity contribution is 7.15. The van der Waals surface area contributed by atoms with Gasteiger partial charge in [-0.15, -0.1) is 11.3 Å². The number of carbonyl (C=O) groups is 2. The first-order valence-electron chi connectivity index (χ1n) is 11.1. The zero-order valence-corrected chi connectivity index (χ0v) is 20.1. The Bertz CT molecular complexity index is 1130. The van der Waals surface area contributed by atoms with E-state index in [0.29, 0.717) is 17.1 Å². The summed E-state index contributed by atoms with van der Waals surface area (Å²) < 4.78 is 5.00. The van der Waals surface area contributed by atoms with Gasteiger partial charge in [-0.25, -0.2) is 4.79 Å². The van der Waals surface area contributed by atoms with Crippen LogP contribution in [0.15, 0.2) is 53.9 Å². The Kier molecular flexibility index (Phi) is 7.11. The lowest BCUT2D eigenvalue weighted by Crippen LogP contribution is -2.48. The lowest BCUT2D eigenvalue weighted by atomic mass is 10.0. The molecule has 172 valence electrons. The van der Waals surface area contributed by atoms with E-state index in [9.17, 15) is 9.59 Å². The molecule has 0 spiro atoms. The standard InChI is InChI=1S/C26H29N3O3S/c1-18-8-7-11-22(19(18)2)29-14-12-28(13-15-29)16-23(30)27-25-24(26(31)32-3)21(17-33-25)20-9-5-4-6-10-20/h4-11,17H,12-16H2,1-3H3,(H,27,30). The first kappa shape index (κ1) is 23.0. The minimum atomic E-state index is -0.451. The summed E-state index contributed by atoms with van der Waals surface area (Å²) in [6, 6.07) is 16.0. The largest absolute Gasteiger partial charge is 0.465 e. The minimum absolute atomic E-state index is 0.123. The maximum Gasteiger partial charge on any atom is 0.341 e. The third-order valence-corrected chi connectivity index (χ3v) is 7.07. The second-order valence-electron chi connectivity index (χ2n) is 8.24. The number of thiophene rings is 1. The van der Waals surface area contributed by atoms with Gasteiger partial charge in [0, 0.05) is 42.8 Å². The number of benzene rings is 2. The van der Waals surface area contributed by atoms with Crippen LogP contribution < -0.4 is 10.2 Å². The fourth-order valence-corrected chi connectivity index (χ4v) is 5.15. The van der Waals surface area contributed by atoms with Crippen LogP contribution in [-0.2, 0) is 9.53 Å². The van der Waals surface area contributed by atoms with Crippen LogP contribution in [0.4, 0.5) is 10.7 Å². The smallest absolute Gasteiger partial charge is 0.341 e. The number of nitrogens with zero attached hydrogens (tertiary/aromatic N) is 2. The molecule has 0 bridgehead atoms. The molecule has 0 saturated carbocycles. The fraction of sp³-hybridized carbons (Fsp3) is 0.308. The molecule has 1 amide bonds. The van der Waals surface area contributed by atoms with Crippen LogP contribution in [0, 0.1) is 13.8 Å². The molecule has 0 radical (unpaired) electrons. The summed E-state index contributed by atoms with van der Waals surface area (Å²) in [5.74, 6) is -0.575. The molecule has 1 N–H and O–H groups in total. The summed E-state index contributed by atoms with van der Waals surface area (Å²) in [7, 11) is 1.36. The zero-order chi connectivity index (χ0) is 23.4. The summed E-state index contributed by atoms with van der Waals surface area (Å²) in [5, 5.41) is 5.36. The van der Waals surface area contributed by atoms with Gasteiger partial charge in [0.05, 0.1) is 13.7 Å². The molecule has 33 heavy (non-hydrogen) atoms. The first-order chi connectivity index (χ1) is 16.0. The van der Waals surface area contributed by atoms with Crippen molar-refractivity contribution in [2.45, 2.75) is 13.8 Å². The predicted molar refractivity (Wildman–Crippen MR) is 134 cm³/mol. The number of nitrogens with one attached hydrogen (secondary N) is 1. The fourth-order valence-electron chi connectivity index (χ4n) is 4.18. The number of hydrogen-bond donors (Lipinski definition) is 1. The maximum absolute atomic E-state index is 12.8. The number of amides is 1. The third kappa shape index (κ3) is 5.10. The van der Waals surface area contributed by atoms with E-state index >= 15 is 0 Å². The van der Waals surface area contributed by atoms with Gasteiger partial charge in [-0.05, 0) is 36.6 Å². The van der Waals surface area contributed by atoms with Crippen molar-refractivity contribution in [1.82, 2.24) is 4.90 Å². The van der Waals surface area contributed by atoms with Gasteiger partial charge in [-0.2, -0.15) is 0 Å². The van der Waals surface area contributed by atoms with Crippen LogP contribution >= 0.6 is 11.3 Å². The first-order valence-corrected chi connectivity index (χ1v) is 11.9. The highest BCUT2D eigenvalue weighted by atomic mass is 32.1. The van der Waals surface area contributed by atoms with E-state index in [0.717, 1.165) is 37.3 Å². The van der Waals surface area contributed by atoms with Crippen molar-refractivity contribution in [3.8, 4) is 11.1 Å². The van der Waals surface area contributed by atoms with E-state index in [1.807, 2.05) is 35.7 Å². The Morgan fingerprint density at radius 2 is 1.73 bits per heavy atom. The summed E-state index contributed by atoms with van der Waals surface area (Å²) >= 11 is 1.35. The Balaban J connectivity index is 1.40. The SMILES string of the molecule is COC(=O)c1c(-c2ccccc2)csc1NC(=O)CN1CCN(c2cccc(C)c2C)CC1. The molecule has 1 saturated heterocycles. The summed E-state index contributed by atoms with van der Waals surface area (Å²) in [6.45, 7) is 7.96. The second-order valence-corrected chi connectivity index (χ2v) is 9.12. The number of aryl methyl sites for hydroxylation is 1. The van der Waals surface area contributed by atoms with Crippen molar-refractivity contribution < 1.29 is 14.3 Å². The predicted octanol–water partition coefficient (Wildman–Crippen LogP) is 4.58. The lowest BCUT2D eigenvalue weighted by Gasteiger charge is -2.36. The van der Waals surface area contributed by atoms with Gasteiger partial charge in [0.25, 0.3) is 0 Å². The summed E-state index contributed by atoms with van der Waals surface area (Å²) in [5.41, 5.74) is 5.96. The molecular formula is C26H29N3O3S. The van der Waals surface area contributed by atoms with Crippen molar-refractivity contribution in [2.75, 3.05) is 50.1 Å². The normalized spacial score (nSPS) is 14.2. The number of rotatable bonds is 6. The highest BCUT2D eigenvalue weighted by Gasteiger charge is 2.24. The molecule has 2 aromatic carbocycles. The van der Waals surface area contributed by atoms with Crippen molar-refractivity contribution in [3.05, 3.63) is 70.6 Å². The van der Waals surface area contributed by atoms with Crippen LogP contribution in [0.25, 0.3) is 11.1 Å². The van der Waals surface area contributed by atoms with Crippen LogP contribution in [0.1, 0.15) is 21.5 Å². The van der Waals surface area contributed by atoms with E-state index in [2.05, 4.69) is 47.2 Å². The number of anilines is 2. The van der Waals surface area contributed by atoms with Gasteiger partial charge in [0.2, 0.25) is 5.91 Å². The molecule has 4 rings (SSSR count). The second kappa shape index (κ2) is 10.2. The van der Waals surface area contributed by atoms with Crippen molar-refractivity contribution >= 4 is 33.9 Å². The van der Waals surface area contributed by atoms with Gasteiger partial charge in [0.1, 0.15) is 10.6 Å². The molecule has 7 heteroatoms. The van der Waals surface area contributed by atoms with Crippen LogP contribution in [-0.4, -0.2) is 56.6 Å². The summed E-state index contributed by atoms with van der Waals surface area (Å²) in [4.78, 5) is 29.9. The molecule has 6 nitrogen and oxygen atoms in total. The lowest BCUT2D eigenvalue weighted by molar-refractivity contribution is -0.117. The molecule has 3 aromatic rings. The Morgan fingerprint density at radius 3 is 2.42 bits per heavy atom. The third-order valence-electron chi connectivity index (χ3n) is 6.17. The number of piperazine rings is 1. The van der Waals surface area contributed by atoms with E-state index in [-0.39, 0.29) is 5.91 Å². The van der Waals surface area contributed by atoms with Gasteiger partial charge in [-0.3, -0.25) is 9.69 Å².